The highest BCUT2D eigenvalue weighted by Gasteiger charge is 2.48. The second-order valence-corrected chi connectivity index (χ2v) is 6.42. The average Bonchev–Trinajstić information content (AvgIpc) is 2.26. The first-order valence-corrected chi connectivity index (χ1v) is 5.33. The summed E-state index contributed by atoms with van der Waals surface area (Å²) in [5.74, 6) is -0.234. The molecule has 0 bridgehead atoms. The van der Waals surface area contributed by atoms with Gasteiger partial charge in [0.2, 0.25) is 0 Å². The third-order valence-electron chi connectivity index (χ3n) is 2.73. The highest BCUT2D eigenvalue weighted by Crippen LogP contribution is 2.32. The summed E-state index contributed by atoms with van der Waals surface area (Å²) in [6, 6.07) is -0.313. The van der Waals surface area contributed by atoms with Crippen LogP contribution in [0.15, 0.2) is 0 Å². The lowest BCUT2D eigenvalue weighted by Gasteiger charge is -2.31. The van der Waals surface area contributed by atoms with E-state index in [1.54, 1.807) is 0 Å². The third-order valence-corrected chi connectivity index (χ3v) is 2.73. The normalized spacial score (nSPS) is 28.7. The number of carbonyl (C=O) groups excluding carboxylic acids is 1. The van der Waals surface area contributed by atoms with Crippen LogP contribution in [0.1, 0.15) is 41.5 Å². The number of amides is 1. The predicted molar refractivity (Wildman–Crippen MR) is 58.3 cm³/mol. The van der Waals surface area contributed by atoms with Gasteiger partial charge in [0.15, 0.2) is 0 Å². The standard InChI is InChI=1S/C11H22N2O2/c1-10(2,3)7-8(14)13(15)9(12-7)11(4,5)6/h7,9,12,15H,1-6H3/t7-,9-/m1/s1. The maximum Gasteiger partial charge on any atom is 0.265 e. The fourth-order valence-electron chi connectivity index (χ4n) is 1.80. The number of carbonyl (C=O) groups is 1. The van der Waals surface area contributed by atoms with Gasteiger partial charge in [-0.25, -0.2) is 5.06 Å². The van der Waals surface area contributed by atoms with E-state index >= 15 is 0 Å². The van der Waals surface area contributed by atoms with Crippen LogP contribution in [0, 0.1) is 10.8 Å². The lowest BCUT2D eigenvalue weighted by atomic mass is 9.86. The van der Waals surface area contributed by atoms with Crippen LogP contribution in [0.2, 0.25) is 0 Å². The molecule has 0 aromatic heterocycles. The molecule has 1 aliphatic rings. The Morgan fingerprint density at radius 3 is 1.80 bits per heavy atom. The predicted octanol–water partition coefficient (Wildman–Crippen LogP) is 1.59. The second-order valence-electron chi connectivity index (χ2n) is 6.42. The molecule has 1 rings (SSSR count). The third kappa shape index (κ3) is 2.32. The van der Waals surface area contributed by atoms with Gasteiger partial charge in [-0.05, 0) is 10.8 Å². The molecule has 0 aliphatic carbocycles. The molecule has 1 amide bonds. The Labute approximate surface area is 91.6 Å². The number of hydrogen-bond acceptors (Lipinski definition) is 3. The molecule has 4 nitrogen and oxygen atoms in total. The smallest absolute Gasteiger partial charge is 0.265 e. The van der Waals surface area contributed by atoms with Crippen LogP contribution in [0.25, 0.3) is 0 Å². The van der Waals surface area contributed by atoms with E-state index < -0.39 is 0 Å². The maximum absolute atomic E-state index is 11.8. The molecule has 0 aromatic rings. The van der Waals surface area contributed by atoms with Gasteiger partial charge in [-0.15, -0.1) is 0 Å². The summed E-state index contributed by atoms with van der Waals surface area (Å²) < 4.78 is 0. The van der Waals surface area contributed by atoms with Crippen molar-refractivity contribution in [2.75, 3.05) is 0 Å². The molecular weight excluding hydrogens is 192 g/mol. The van der Waals surface area contributed by atoms with Crippen LogP contribution in [0.5, 0.6) is 0 Å². The van der Waals surface area contributed by atoms with Crippen molar-refractivity contribution in [3.05, 3.63) is 0 Å². The summed E-state index contributed by atoms with van der Waals surface area (Å²) in [6.45, 7) is 11.9. The molecule has 0 saturated carbocycles. The molecule has 2 N–H and O–H groups in total. The molecule has 0 radical (unpaired) electrons. The summed E-state index contributed by atoms with van der Waals surface area (Å²) in [4.78, 5) is 11.8. The van der Waals surface area contributed by atoms with Gasteiger partial charge in [-0.1, -0.05) is 41.5 Å². The molecule has 4 heteroatoms. The van der Waals surface area contributed by atoms with Crippen LogP contribution < -0.4 is 5.32 Å². The first kappa shape index (κ1) is 12.5. The van der Waals surface area contributed by atoms with E-state index in [0.29, 0.717) is 0 Å². The zero-order valence-corrected chi connectivity index (χ0v) is 10.5. The summed E-state index contributed by atoms with van der Waals surface area (Å²) in [6.07, 6.45) is -0.311. The van der Waals surface area contributed by atoms with Crippen molar-refractivity contribution in [3.8, 4) is 0 Å². The Bertz CT molecular complexity index is 263. The monoisotopic (exact) mass is 214 g/mol. The Morgan fingerprint density at radius 1 is 1.13 bits per heavy atom. The Morgan fingerprint density at radius 2 is 1.60 bits per heavy atom. The fourth-order valence-corrected chi connectivity index (χ4v) is 1.80. The largest absolute Gasteiger partial charge is 0.284 e. The Hall–Kier alpha value is -0.610. The van der Waals surface area contributed by atoms with Gasteiger partial charge in [0.1, 0.15) is 6.17 Å². The zero-order chi connectivity index (χ0) is 12.0. The van der Waals surface area contributed by atoms with E-state index in [4.69, 9.17) is 0 Å². The molecule has 88 valence electrons. The Balaban J connectivity index is 2.91. The van der Waals surface area contributed by atoms with Gasteiger partial charge in [0, 0.05) is 0 Å². The summed E-state index contributed by atoms with van der Waals surface area (Å²) >= 11 is 0. The summed E-state index contributed by atoms with van der Waals surface area (Å²) in [5.41, 5.74) is -0.359. The molecule has 0 aromatic carbocycles. The Kier molecular flexibility index (Phi) is 2.87. The quantitative estimate of drug-likeness (QED) is 0.602. The molecule has 0 spiro atoms. The van der Waals surface area contributed by atoms with E-state index in [-0.39, 0.29) is 28.9 Å². The van der Waals surface area contributed by atoms with Gasteiger partial charge in [-0.2, -0.15) is 0 Å². The molecule has 2 atom stereocenters. The minimum Gasteiger partial charge on any atom is -0.284 e. The van der Waals surface area contributed by atoms with E-state index in [9.17, 15) is 10.0 Å². The van der Waals surface area contributed by atoms with Gasteiger partial charge in [0.05, 0.1) is 6.04 Å². The summed E-state index contributed by atoms with van der Waals surface area (Å²) in [7, 11) is 0. The van der Waals surface area contributed by atoms with Gasteiger partial charge >= 0.3 is 0 Å². The molecule has 1 aliphatic heterocycles. The second kappa shape index (κ2) is 3.46. The van der Waals surface area contributed by atoms with Crippen LogP contribution in [-0.2, 0) is 4.79 Å². The van der Waals surface area contributed by atoms with Crippen molar-refractivity contribution in [2.45, 2.75) is 53.8 Å². The highest BCUT2D eigenvalue weighted by atomic mass is 16.5. The highest BCUT2D eigenvalue weighted by molar-refractivity contribution is 5.84. The van der Waals surface area contributed by atoms with Crippen molar-refractivity contribution < 1.29 is 10.0 Å². The van der Waals surface area contributed by atoms with Crippen molar-refractivity contribution in [1.82, 2.24) is 10.4 Å². The van der Waals surface area contributed by atoms with Crippen LogP contribution in [-0.4, -0.2) is 28.4 Å². The van der Waals surface area contributed by atoms with Gasteiger partial charge in [0.25, 0.3) is 5.91 Å². The SMILES string of the molecule is CC(C)(C)[C@@H]1N[C@@H](C(C)(C)C)N(O)C1=O. The van der Waals surface area contributed by atoms with Crippen molar-refractivity contribution in [1.29, 1.82) is 0 Å². The number of nitrogens with one attached hydrogen (secondary N) is 1. The topological polar surface area (TPSA) is 52.6 Å². The first-order chi connectivity index (χ1) is 6.55. The van der Waals surface area contributed by atoms with Crippen molar-refractivity contribution in [2.24, 2.45) is 10.8 Å². The zero-order valence-electron chi connectivity index (χ0n) is 10.5. The van der Waals surface area contributed by atoms with E-state index in [2.05, 4.69) is 5.32 Å². The van der Waals surface area contributed by atoms with Crippen LogP contribution in [0.4, 0.5) is 0 Å². The molecule has 0 unspecified atom stereocenters. The average molecular weight is 214 g/mol. The maximum atomic E-state index is 11.8. The fraction of sp³-hybridized carbons (Fsp3) is 0.909. The number of hydrogen-bond donors (Lipinski definition) is 2. The minimum absolute atomic E-state index is 0.176. The molecule has 15 heavy (non-hydrogen) atoms. The van der Waals surface area contributed by atoms with E-state index in [1.807, 2.05) is 41.5 Å². The molecule has 1 saturated heterocycles. The number of nitrogens with zero attached hydrogens (tertiary/aromatic N) is 1. The van der Waals surface area contributed by atoms with Crippen molar-refractivity contribution >= 4 is 5.91 Å². The van der Waals surface area contributed by atoms with Crippen molar-refractivity contribution in [3.63, 3.8) is 0 Å². The number of hydroxylamine groups is 2. The lowest BCUT2D eigenvalue weighted by molar-refractivity contribution is -0.175. The van der Waals surface area contributed by atoms with Crippen LogP contribution in [0.3, 0.4) is 0 Å². The van der Waals surface area contributed by atoms with E-state index in [0.717, 1.165) is 5.06 Å². The number of rotatable bonds is 0. The van der Waals surface area contributed by atoms with E-state index in [1.165, 1.54) is 0 Å². The van der Waals surface area contributed by atoms with Crippen LogP contribution >= 0.6 is 0 Å². The molecular formula is C11H22N2O2. The summed E-state index contributed by atoms with van der Waals surface area (Å²) in [5, 5.41) is 13.8. The lowest BCUT2D eigenvalue weighted by Crippen LogP contribution is -2.47. The minimum atomic E-state index is -0.313. The molecule has 1 heterocycles. The molecule has 1 fully saturated rings. The van der Waals surface area contributed by atoms with Gasteiger partial charge in [-0.3, -0.25) is 15.3 Å². The van der Waals surface area contributed by atoms with Gasteiger partial charge < -0.3 is 0 Å². The first-order valence-electron chi connectivity index (χ1n) is 5.33.